The molecule has 120 valence electrons. The largest absolute Gasteiger partial charge is 0.456 e. The van der Waals surface area contributed by atoms with Gasteiger partial charge in [-0.05, 0) is 30.7 Å². The molecule has 5 nitrogen and oxygen atoms in total. The number of hydrogen-bond acceptors (Lipinski definition) is 4. The third-order valence-corrected chi connectivity index (χ3v) is 4.64. The number of imide groups is 1. The van der Waals surface area contributed by atoms with E-state index in [1.54, 1.807) is 30.3 Å². The molecule has 2 aromatic carbocycles. The molecule has 2 amide bonds. The van der Waals surface area contributed by atoms with Gasteiger partial charge in [0.2, 0.25) is 17.2 Å². The van der Waals surface area contributed by atoms with Crippen LogP contribution in [0.2, 0.25) is 0 Å². The van der Waals surface area contributed by atoms with Gasteiger partial charge in [-0.1, -0.05) is 23.8 Å². The van der Waals surface area contributed by atoms with Crippen molar-refractivity contribution in [2.75, 3.05) is 7.05 Å². The Morgan fingerprint density at radius 1 is 1.08 bits per heavy atom. The van der Waals surface area contributed by atoms with Gasteiger partial charge in [0, 0.05) is 13.5 Å². The first-order valence-corrected chi connectivity index (χ1v) is 7.74. The van der Waals surface area contributed by atoms with E-state index in [1.807, 2.05) is 13.0 Å². The summed E-state index contributed by atoms with van der Waals surface area (Å²) >= 11 is 0. The van der Waals surface area contributed by atoms with Crippen LogP contribution < -0.4 is 5.43 Å². The van der Waals surface area contributed by atoms with Crippen molar-refractivity contribution in [1.29, 1.82) is 0 Å². The van der Waals surface area contributed by atoms with Crippen molar-refractivity contribution < 1.29 is 14.0 Å². The molecule has 1 saturated heterocycles. The van der Waals surface area contributed by atoms with Crippen molar-refractivity contribution in [3.8, 4) is 0 Å². The Hall–Kier alpha value is -2.95. The van der Waals surface area contributed by atoms with E-state index in [2.05, 4.69) is 0 Å². The van der Waals surface area contributed by atoms with Crippen molar-refractivity contribution in [2.24, 2.45) is 0 Å². The number of aryl methyl sites for hydroxylation is 1. The van der Waals surface area contributed by atoms with Gasteiger partial charge in [0.1, 0.15) is 11.2 Å². The van der Waals surface area contributed by atoms with Gasteiger partial charge >= 0.3 is 0 Å². The zero-order valence-corrected chi connectivity index (χ0v) is 13.3. The quantitative estimate of drug-likeness (QED) is 0.510. The lowest BCUT2D eigenvalue weighted by molar-refractivity contribution is -0.137. The minimum Gasteiger partial charge on any atom is -0.456 e. The zero-order valence-electron chi connectivity index (χ0n) is 13.3. The highest BCUT2D eigenvalue weighted by Crippen LogP contribution is 2.33. The van der Waals surface area contributed by atoms with Gasteiger partial charge in [0.25, 0.3) is 0 Å². The van der Waals surface area contributed by atoms with E-state index in [4.69, 9.17) is 4.42 Å². The Kier molecular flexibility index (Phi) is 3.06. The van der Waals surface area contributed by atoms with Gasteiger partial charge in [-0.15, -0.1) is 0 Å². The molecule has 0 radical (unpaired) electrons. The Morgan fingerprint density at radius 3 is 2.58 bits per heavy atom. The maximum Gasteiger partial charge on any atom is 0.236 e. The number of benzene rings is 2. The Morgan fingerprint density at radius 2 is 1.88 bits per heavy atom. The molecule has 1 aliphatic heterocycles. The highest BCUT2D eigenvalue weighted by molar-refractivity contribution is 6.08. The van der Waals surface area contributed by atoms with E-state index in [0.29, 0.717) is 27.5 Å². The summed E-state index contributed by atoms with van der Waals surface area (Å²) in [6.07, 6.45) is 0.0831. The summed E-state index contributed by atoms with van der Waals surface area (Å²) in [4.78, 5) is 38.4. The number of carbonyl (C=O) groups excluding carboxylic acids is 2. The van der Waals surface area contributed by atoms with Crippen molar-refractivity contribution in [3.63, 3.8) is 0 Å². The lowest BCUT2D eigenvalue weighted by atomic mass is 9.93. The first-order chi connectivity index (χ1) is 11.5. The van der Waals surface area contributed by atoms with Gasteiger partial charge in [-0.2, -0.15) is 0 Å². The lowest BCUT2D eigenvalue weighted by Gasteiger charge is -2.12. The van der Waals surface area contributed by atoms with E-state index in [9.17, 15) is 14.4 Å². The van der Waals surface area contributed by atoms with Gasteiger partial charge in [-0.3, -0.25) is 19.3 Å². The SMILES string of the molecule is Cc1ccc2oc3cccc(C4CC(=O)N(C)C4=O)c3c(=O)c2c1. The summed E-state index contributed by atoms with van der Waals surface area (Å²) in [7, 11) is 1.47. The number of carbonyl (C=O) groups is 2. The summed E-state index contributed by atoms with van der Waals surface area (Å²) < 4.78 is 5.86. The summed E-state index contributed by atoms with van der Waals surface area (Å²) in [5.41, 5.74) is 2.30. The van der Waals surface area contributed by atoms with Crippen LogP contribution in [-0.2, 0) is 9.59 Å². The molecule has 1 atom stereocenters. The Bertz CT molecular complexity index is 1080. The van der Waals surface area contributed by atoms with Crippen molar-refractivity contribution >= 4 is 33.8 Å². The molecule has 2 heterocycles. The van der Waals surface area contributed by atoms with Crippen LogP contribution in [0.15, 0.2) is 45.6 Å². The van der Waals surface area contributed by atoms with Gasteiger partial charge in [-0.25, -0.2) is 0 Å². The van der Waals surface area contributed by atoms with E-state index < -0.39 is 5.92 Å². The summed E-state index contributed by atoms with van der Waals surface area (Å²) in [6.45, 7) is 1.91. The lowest BCUT2D eigenvalue weighted by Crippen LogP contribution is -2.25. The molecule has 1 aliphatic rings. The second-order valence-electron chi connectivity index (χ2n) is 6.20. The van der Waals surface area contributed by atoms with Crippen LogP contribution in [0.5, 0.6) is 0 Å². The third kappa shape index (κ3) is 1.98. The molecule has 0 N–H and O–H groups in total. The average Bonchev–Trinajstić information content (AvgIpc) is 2.83. The third-order valence-electron chi connectivity index (χ3n) is 4.64. The maximum atomic E-state index is 13.0. The number of amides is 2. The topological polar surface area (TPSA) is 67.6 Å². The fourth-order valence-corrected chi connectivity index (χ4v) is 3.33. The summed E-state index contributed by atoms with van der Waals surface area (Å²) in [5.74, 6) is -1.14. The minimum absolute atomic E-state index is 0.0831. The second-order valence-corrected chi connectivity index (χ2v) is 6.20. The monoisotopic (exact) mass is 321 g/mol. The standard InChI is InChI=1S/C19H15NO4/c1-10-6-7-14-13(8-10)18(22)17-11(4-3-5-15(17)24-14)12-9-16(21)20(2)19(12)23/h3-8,12H,9H2,1-2H3. The molecule has 0 aliphatic carbocycles. The first kappa shape index (κ1) is 14.6. The average molecular weight is 321 g/mol. The molecule has 0 bridgehead atoms. The molecule has 1 unspecified atom stereocenters. The highest BCUT2D eigenvalue weighted by atomic mass is 16.3. The van der Waals surface area contributed by atoms with Crippen LogP contribution in [0.25, 0.3) is 21.9 Å². The predicted molar refractivity (Wildman–Crippen MR) is 89.9 cm³/mol. The molecule has 0 spiro atoms. The number of hydrogen-bond donors (Lipinski definition) is 0. The molecule has 1 fully saturated rings. The molecule has 1 aromatic heterocycles. The van der Waals surface area contributed by atoms with Gasteiger partial charge in [0.05, 0.1) is 16.7 Å². The summed E-state index contributed by atoms with van der Waals surface area (Å²) in [6, 6.07) is 10.6. The number of likely N-dealkylation sites (tertiary alicyclic amines) is 1. The Balaban J connectivity index is 2.06. The molecule has 24 heavy (non-hydrogen) atoms. The molecule has 4 rings (SSSR count). The molecule has 0 saturated carbocycles. The fraction of sp³-hybridized carbons (Fsp3) is 0.211. The van der Waals surface area contributed by atoms with Crippen LogP contribution in [0.3, 0.4) is 0 Å². The molecule has 3 aromatic rings. The van der Waals surface area contributed by atoms with E-state index in [1.165, 1.54) is 7.05 Å². The van der Waals surface area contributed by atoms with Crippen molar-refractivity contribution in [2.45, 2.75) is 19.3 Å². The minimum atomic E-state index is -0.628. The smallest absolute Gasteiger partial charge is 0.236 e. The van der Waals surface area contributed by atoms with E-state index >= 15 is 0 Å². The number of fused-ring (bicyclic) bond motifs is 2. The highest BCUT2D eigenvalue weighted by Gasteiger charge is 2.38. The van der Waals surface area contributed by atoms with Crippen LogP contribution in [0, 0.1) is 6.92 Å². The van der Waals surface area contributed by atoms with Gasteiger partial charge in [0.15, 0.2) is 0 Å². The van der Waals surface area contributed by atoms with Crippen LogP contribution in [0.4, 0.5) is 0 Å². The first-order valence-electron chi connectivity index (χ1n) is 7.74. The van der Waals surface area contributed by atoms with Crippen LogP contribution >= 0.6 is 0 Å². The molecular weight excluding hydrogens is 306 g/mol. The fourth-order valence-electron chi connectivity index (χ4n) is 3.33. The zero-order chi connectivity index (χ0) is 17.0. The van der Waals surface area contributed by atoms with Crippen LogP contribution in [0.1, 0.15) is 23.5 Å². The number of rotatable bonds is 1. The normalized spacial score (nSPS) is 18.1. The van der Waals surface area contributed by atoms with E-state index in [-0.39, 0.29) is 23.7 Å². The summed E-state index contributed by atoms with van der Waals surface area (Å²) in [5, 5.41) is 0.872. The Labute approximate surface area is 137 Å². The predicted octanol–water partition coefficient (Wildman–Crippen LogP) is 2.73. The van der Waals surface area contributed by atoms with Crippen LogP contribution in [-0.4, -0.2) is 23.8 Å². The second kappa shape index (κ2) is 5.03. The maximum absolute atomic E-state index is 13.0. The van der Waals surface area contributed by atoms with Crippen molar-refractivity contribution in [3.05, 3.63) is 57.7 Å². The molecular formula is C19H15NO4. The number of nitrogens with zero attached hydrogens (tertiary/aromatic N) is 1. The van der Waals surface area contributed by atoms with Gasteiger partial charge < -0.3 is 4.42 Å². The van der Waals surface area contributed by atoms with E-state index in [0.717, 1.165) is 10.5 Å². The number of likely N-dealkylation sites (N-methyl/N-ethyl adjacent to an activating group) is 1. The van der Waals surface area contributed by atoms with Crippen molar-refractivity contribution in [1.82, 2.24) is 4.90 Å². The molecule has 5 heteroatoms.